The average Bonchev–Trinajstić information content (AvgIpc) is 2.72. The predicted molar refractivity (Wildman–Crippen MR) is 110 cm³/mol. The zero-order valence-corrected chi connectivity index (χ0v) is 16.7. The molecular weight excluding hydrogens is 374 g/mol. The summed E-state index contributed by atoms with van der Waals surface area (Å²) in [5.74, 6) is 0.0678. The summed E-state index contributed by atoms with van der Waals surface area (Å²) in [5.41, 5.74) is 2.36. The standard InChI is InChI=1S/C22H26ClN3O2/c23-20-6-3-18(4-7-20)11-15-26-16-19(5-8-21(26)27)22(28)25-12-1-2-17-9-13-24-14-10-17/h3-4,6-7,9-10,13-14,19H,1-2,5,8,11-12,15-16H2,(H,25,28)/t19-/m0/s1. The molecule has 1 fully saturated rings. The highest BCUT2D eigenvalue weighted by molar-refractivity contribution is 6.30. The summed E-state index contributed by atoms with van der Waals surface area (Å²) in [6.45, 7) is 1.78. The molecule has 148 valence electrons. The SMILES string of the molecule is O=C(NCCCc1ccncc1)[C@H]1CCC(=O)N(CCc2ccc(Cl)cc2)C1. The summed E-state index contributed by atoms with van der Waals surface area (Å²) in [4.78, 5) is 30.5. The number of amides is 2. The lowest BCUT2D eigenvalue weighted by atomic mass is 9.96. The van der Waals surface area contributed by atoms with Crippen LogP contribution in [0.25, 0.3) is 0 Å². The Morgan fingerprint density at radius 3 is 2.57 bits per heavy atom. The Morgan fingerprint density at radius 1 is 1.11 bits per heavy atom. The van der Waals surface area contributed by atoms with E-state index in [4.69, 9.17) is 11.6 Å². The Hall–Kier alpha value is -2.40. The first-order valence-corrected chi connectivity index (χ1v) is 10.2. The Bertz CT molecular complexity index is 780. The maximum atomic E-state index is 12.5. The van der Waals surface area contributed by atoms with Crippen LogP contribution in [0.1, 0.15) is 30.4 Å². The Labute approximate surface area is 171 Å². The van der Waals surface area contributed by atoms with Crippen molar-refractivity contribution >= 4 is 23.4 Å². The van der Waals surface area contributed by atoms with Crippen LogP contribution in [0.15, 0.2) is 48.8 Å². The van der Waals surface area contributed by atoms with E-state index < -0.39 is 0 Å². The highest BCUT2D eigenvalue weighted by Gasteiger charge is 2.29. The highest BCUT2D eigenvalue weighted by Crippen LogP contribution is 2.19. The molecule has 6 heteroatoms. The van der Waals surface area contributed by atoms with Gasteiger partial charge in [0, 0.05) is 43.5 Å². The van der Waals surface area contributed by atoms with Crippen LogP contribution in [0, 0.1) is 5.92 Å². The van der Waals surface area contributed by atoms with Gasteiger partial charge in [0.15, 0.2) is 0 Å². The first-order chi connectivity index (χ1) is 13.6. The monoisotopic (exact) mass is 399 g/mol. The van der Waals surface area contributed by atoms with Crippen LogP contribution in [-0.2, 0) is 22.4 Å². The molecule has 1 N–H and O–H groups in total. The van der Waals surface area contributed by atoms with Crippen molar-refractivity contribution in [3.05, 3.63) is 64.9 Å². The van der Waals surface area contributed by atoms with E-state index in [9.17, 15) is 9.59 Å². The zero-order valence-electron chi connectivity index (χ0n) is 15.9. The van der Waals surface area contributed by atoms with Gasteiger partial charge in [-0.05, 0) is 61.1 Å². The van der Waals surface area contributed by atoms with E-state index in [-0.39, 0.29) is 17.7 Å². The summed E-state index contributed by atoms with van der Waals surface area (Å²) >= 11 is 5.91. The lowest BCUT2D eigenvalue weighted by molar-refractivity contribution is -0.138. The van der Waals surface area contributed by atoms with E-state index in [1.807, 2.05) is 41.3 Å². The van der Waals surface area contributed by atoms with Gasteiger partial charge in [-0.1, -0.05) is 23.7 Å². The van der Waals surface area contributed by atoms with Crippen molar-refractivity contribution in [3.63, 3.8) is 0 Å². The second-order valence-corrected chi connectivity index (χ2v) is 7.64. The van der Waals surface area contributed by atoms with Crippen LogP contribution in [0.2, 0.25) is 5.02 Å². The molecule has 1 aliphatic heterocycles. The Morgan fingerprint density at radius 2 is 1.82 bits per heavy atom. The molecule has 1 aromatic carbocycles. The van der Waals surface area contributed by atoms with E-state index in [0.717, 1.165) is 24.8 Å². The Kier molecular flexibility index (Phi) is 7.43. The number of aryl methyl sites for hydroxylation is 1. The number of benzene rings is 1. The maximum Gasteiger partial charge on any atom is 0.224 e. The number of carbonyl (C=O) groups excluding carboxylic acids is 2. The molecule has 0 spiro atoms. The van der Waals surface area contributed by atoms with Gasteiger partial charge in [-0.15, -0.1) is 0 Å². The van der Waals surface area contributed by atoms with Crippen LogP contribution in [0.5, 0.6) is 0 Å². The number of carbonyl (C=O) groups is 2. The minimum absolute atomic E-state index is 0.0544. The van der Waals surface area contributed by atoms with E-state index in [2.05, 4.69) is 10.3 Å². The number of nitrogens with one attached hydrogen (secondary N) is 1. The minimum atomic E-state index is -0.121. The van der Waals surface area contributed by atoms with Gasteiger partial charge in [0.05, 0.1) is 5.92 Å². The zero-order chi connectivity index (χ0) is 19.8. The summed E-state index contributed by atoms with van der Waals surface area (Å²) in [7, 11) is 0. The van der Waals surface area contributed by atoms with Crippen LogP contribution in [0.3, 0.4) is 0 Å². The summed E-state index contributed by atoms with van der Waals surface area (Å²) in [5, 5.41) is 3.74. The number of aromatic nitrogens is 1. The third-order valence-electron chi connectivity index (χ3n) is 5.15. The number of rotatable bonds is 8. The van der Waals surface area contributed by atoms with Gasteiger partial charge in [0.25, 0.3) is 0 Å². The van der Waals surface area contributed by atoms with Crippen LogP contribution < -0.4 is 5.32 Å². The molecule has 1 aliphatic rings. The molecule has 1 atom stereocenters. The number of nitrogens with zero attached hydrogens (tertiary/aromatic N) is 2. The van der Waals surface area contributed by atoms with Gasteiger partial charge >= 0.3 is 0 Å². The highest BCUT2D eigenvalue weighted by atomic mass is 35.5. The first kappa shape index (κ1) is 20.3. The smallest absolute Gasteiger partial charge is 0.224 e. The molecule has 2 amide bonds. The first-order valence-electron chi connectivity index (χ1n) is 9.80. The van der Waals surface area contributed by atoms with Crippen molar-refractivity contribution in [2.45, 2.75) is 32.1 Å². The normalized spacial score (nSPS) is 16.8. The number of piperidine rings is 1. The van der Waals surface area contributed by atoms with Crippen molar-refractivity contribution in [1.29, 1.82) is 0 Å². The van der Waals surface area contributed by atoms with Crippen LogP contribution in [-0.4, -0.2) is 41.3 Å². The van der Waals surface area contributed by atoms with Gasteiger partial charge in [-0.3, -0.25) is 14.6 Å². The van der Waals surface area contributed by atoms with Gasteiger partial charge in [0.2, 0.25) is 11.8 Å². The van der Waals surface area contributed by atoms with Crippen molar-refractivity contribution < 1.29 is 9.59 Å². The summed E-state index contributed by atoms with van der Waals surface area (Å²) in [6, 6.07) is 11.7. The molecule has 3 rings (SSSR count). The second kappa shape index (κ2) is 10.2. The molecule has 0 aliphatic carbocycles. The van der Waals surface area contributed by atoms with E-state index in [1.165, 1.54) is 5.56 Å². The van der Waals surface area contributed by atoms with Crippen LogP contribution >= 0.6 is 11.6 Å². The molecule has 5 nitrogen and oxygen atoms in total. The molecule has 0 radical (unpaired) electrons. The fraction of sp³-hybridized carbons (Fsp3) is 0.409. The van der Waals surface area contributed by atoms with Crippen molar-refractivity contribution in [3.8, 4) is 0 Å². The molecule has 0 unspecified atom stereocenters. The molecular formula is C22H26ClN3O2. The fourth-order valence-corrected chi connectivity index (χ4v) is 3.58. The van der Waals surface area contributed by atoms with Gasteiger partial charge in [-0.25, -0.2) is 0 Å². The summed E-state index contributed by atoms with van der Waals surface area (Å²) < 4.78 is 0. The molecule has 28 heavy (non-hydrogen) atoms. The lowest BCUT2D eigenvalue weighted by Crippen LogP contribution is -2.46. The minimum Gasteiger partial charge on any atom is -0.356 e. The molecule has 0 bridgehead atoms. The number of pyridine rings is 1. The molecule has 2 heterocycles. The van der Waals surface area contributed by atoms with Crippen molar-refractivity contribution in [1.82, 2.24) is 15.2 Å². The third-order valence-corrected chi connectivity index (χ3v) is 5.40. The number of likely N-dealkylation sites (tertiary alicyclic amines) is 1. The van der Waals surface area contributed by atoms with Crippen LogP contribution in [0.4, 0.5) is 0 Å². The topological polar surface area (TPSA) is 62.3 Å². The number of halogens is 1. The molecule has 0 saturated carbocycles. The quantitative estimate of drug-likeness (QED) is 0.693. The molecule has 2 aromatic rings. The second-order valence-electron chi connectivity index (χ2n) is 7.20. The van der Waals surface area contributed by atoms with E-state index in [1.54, 1.807) is 12.4 Å². The average molecular weight is 400 g/mol. The van der Waals surface area contributed by atoms with Gasteiger partial charge < -0.3 is 10.2 Å². The van der Waals surface area contributed by atoms with Crippen molar-refractivity contribution in [2.75, 3.05) is 19.6 Å². The maximum absolute atomic E-state index is 12.5. The third kappa shape index (κ3) is 6.06. The predicted octanol–water partition coefficient (Wildman–Crippen LogP) is 3.27. The van der Waals surface area contributed by atoms with Crippen molar-refractivity contribution in [2.24, 2.45) is 5.92 Å². The van der Waals surface area contributed by atoms with Gasteiger partial charge in [-0.2, -0.15) is 0 Å². The fourth-order valence-electron chi connectivity index (χ4n) is 3.46. The Balaban J connectivity index is 1.41. The number of hydrogen-bond acceptors (Lipinski definition) is 3. The lowest BCUT2D eigenvalue weighted by Gasteiger charge is -2.32. The summed E-state index contributed by atoms with van der Waals surface area (Å²) in [6.07, 6.45) is 7.21. The molecule has 1 aromatic heterocycles. The van der Waals surface area contributed by atoms with E-state index in [0.29, 0.717) is 37.5 Å². The largest absolute Gasteiger partial charge is 0.356 e. The van der Waals surface area contributed by atoms with E-state index >= 15 is 0 Å². The molecule has 1 saturated heterocycles. The van der Waals surface area contributed by atoms with Gasteiger partial charge in [0.1, 0.15) is 0 Å². The number of hydrogen-bond donors (Lipinski definition) is 1.